The van der Waals surface area contributed by atoms with Gasteiger partial charge >= 0.3 is 0 Å². The molecule has 0 spiro atoms. The Balaban J connectivity index is 1.34. The molecule has 4 heterocycles. The summed E-state index contributed by atoms with van der Waals surface area (Å²) in [5, 5.41) is 0.650. The second-order valence-electron chi connectivity index (χ2n) is 8.38. The molecule has 4 N–H and O–H groups in total. The van der Waals surface area contributed by atoms with E-state index < -0.39 is 5.82 Å². The van der Waals surface area contributed by atoms with Gasteiger partial charge in [-0.05, 0) is 47.4 Å². The maximum absolute atomic E-state index is 14.2. The molecule has 0 unspecified atom stereocenters. The number of hydrogen-bond donors (Lipinski definition) is 2. The summed E-state index contributed by atoms with van der Waals surface area (Å²) in [5.41, 5.74) is 18.2. The second kappa shape index (κ2) is 7.44. The lowest BCUT2D eigenvalue weighted by atomic mass is 9.92. The predicted molar refractivity (Wildman–Crippen MR) is 128 cm³/mol. The summed E-state index contributed by atoms with van der Waals surface area (Å²) >= 11 is 0. The third-order valence-electron chi connectivity index (χ3n) is 6.29. The molecule has 5 aromatic rings. The summed E-state index contributed by atoms with van der Waals surface area (Å²) in [5.74, 6) is 0.759. The summed E-state index contributed by atoms with van der Waals surface area (Å²) in [7, 11) is 0. The molecule has 0 saturated heterocycles. The highest BCUT2D eigenvalue weighted by atomic mass is 19.1. The zero-order chi connectivity index (χ0) is 22.5. The maximum Gasteiger partial charge on any atom is 0.206 e. The first-order valence-corrected chi connectivity index (χ1v) is 10.8. The topological polar surface area (TPSA) is 98.4 Å². The molecule has 0 bridgehead atoms. The number of para-hydroxylation sites is 1. The molecule has 0 atom stereocenters. The van der Waals surface area contributed by atoms with Gasteiger partial charge < -0.3 is 16.4 Å². The first kappa shape index (κ1) is 19.5. The lowest BCUT2D eigenvalue weighted by Gasteiger charge is -2.31. The van der Waals surface area contributed by atoms with E-state index in [4.69, 9.17) is 16.5 Å². The number of imidazole rings is 1. The van der Waals surface area contributed by atoms with Crippen LogP contribution in [-0.4, -0.2) is 25.9 Å². The third-order valence-corrected chi connectivity index (χ3v) is 6.29. The van der Waals surface area contributed by atoms with Gasteiger partial charge in [-0.3, -0.25) is 4.40 Å². The Morgan fingerprint density at radius 1 is 1.00 bits per heavy atom. The smallest absolute Gasteiger partial charge is 0.206 e. The van der Waals surface area contributed by atoms with Crippen molar-refractivity contribution in [1.29, 1.82) is 0 Å². The van der Waals surface area contributed by atoms with Crippen molar-refractivity contribution in [2.24, 2.45) is 0 Å². The van der Waals surface area contributed by atoms with Crippen LogP contribution in [0.5, 0.6) is 0 Å². The highest BCUT2D eigenvalue weighted by molar-refractivity contribution is 5.92. The standard InChI is InChI=1S/C25H22FN7/c26-21-6-2-5-20-23(21)31-25(28)33-14-18(30-24(20)33)11-15-3-1-4-16-13-32(10-9-19(15)16)22-8-7-17(27)12-29-22/h1-8,12,14H,9-11,13,27H2,(H2,28,31). The van der Waals surface area contributed by atoms with Gasteiger partial charge in [0.25, 0.3) is 0 Å². The molecule has 8 heteroatoms. The molecule has 0 saturated carbocycles. The molecular weight excluding hydrogens is 417 g/mol. The lowest BCUT2D eigenvalue weighted by Crippen LogP contribution is -2.31. The second-order valence-corrected chi connectivity index (χ2v) is 8.38. The average Bonchev–Trinajstić information content (AvgIpc) is 3.25. The van der Waals surface area contributed by atoms with Crippen molar-refractivity contribution in [3.05, 3.63) is 89.1 Å². The number of benzene rings is 2. The average molecular weight is 439 g/mol. The van der Waals surface area contributed by atoms with Crippen LogP contribution in [0, 0.1) is 5.82 Å². The van der Waals surface area contributed by atoms with E-state index in [0.717, 1.165) is 31.0 Å². The summed E-state index contributed by atoms with van der Waals surface area (Å²) in [6.07, 6.45) is 5.18. The van der Waals surface area contributed by atoms with E-state index in [-0.39, 0.29) is 11.5 Å². The van der Waals surface area contributed by atoms with Gasteiger partial charge in [-0.15, -0.1) is 0 Å². The van der Waals surface area contributed by atoms with Crippen molar-refractivity contribution >= 4 is 34.0 Å². The van der Waals surface area contributed by atoms with E-state index in [0.29, 0.717) is 23.1 Å². The zero-order valence-electron chi connectivity index (χ0n) is 17.9. The number of pyridine rings is 1. The Hall–Kier alpha value is -4.20. The molecule has 0 fully saturated rings. The molecule has 33 heavy (non-hydrogen) atoms. The van der Waals surface area contributed by atoms with E-state index in [1.165, 1.54) is 22.8 Å². The molecule has 6 rings (SSSR count). The van der Waals surface area contributed by atoms with Gasteiger partial charge in [-0.25, -0.2) is 19.3 Å². The SMILES string of the molecule is Nc1ccc(N2CCc3c(Cc4cn5c(N)nc6c(F)cccc6c5n4)cccc3C2)nc1. The van der Waals surface area contributed by atoms with Crippen LogP contribution in [0.3, 0.4) is 0 Å². The van der Waals surface area contributed by atoms with Crippen molar-refractivity contribution in [3.8, 4) is 0 Å². The van der Waals surface area contributed by atoms with Gasteiger partial charge in [0.2, 0.25) is 5.95 Å². The van der Waals surface area contributed by atoms with Gasteiger partial charge in [-0.1, -0.05) is 24.3 Å². The predicted octanol–water partition coefficient (Wildman–Crippen LogP) is 3.73. The van der Waals surface area contributed by atoms with Crippen molar-refractivity contribution in [3.63, 3.8) is 0 Å². The Labute approximate surface area is 189 Å². The van der Waals surface area contributed by atoms with Crippen LogP contribution in [0.4, 0.5) is 21.8 Å². The number of anilines is 3. The van der Waals surface area contributed by atoms with Crippen molar-refractivity contribution in [2.45, 2.75) is 19.4 Å². The fourth-order valence-corrected chi connectivity index (χ4v) is 4.69. The highest BCUT2D eigenvalue weighted by Crippen LogP contribution is 2.28. The van der Waals surface area contributed by atoms with Gasteiger partial charge in [0.15, 0.2) is 0 Å². The van der Waals surface area contributed by atoms with E-state index in [9.17, 15) is 4.39 Å². The summed E-state index contributed by atoms with van der Waals surface area (Å²) in [4.78, 5) is 15.8. The van der Waals surface area contributed by atoms with Crippen LogP contribution in [0.2, 0.25) is 0 Å². The van der Waals surface area contributed by atoms with Crippen molar-refractivity contribution in [1.82, 2.24) is 19.4 Å². The molecular formula is C25H22FN7. The molecule has 0 aliphatic carbocycles. The van der Waals surface area contributed by atoms with Crippen LogP contribution < -0.4 is 16.4 Å². The first-order chi connectivity index (χ1) is 16.1. The molecule has 0 radical (unpaired) electrons. The first-order valence-electron chi connectivity index (χ1n) is 10.8. The zero-order valence-corrected chi connectivity index (χ0v) is 17.9. The van der Waals surface area contributed by atoms with Crippen LogP contribution in [0.15, 0.2) is 60.9 Å². The van der Waals surface area contributed by atoms with Gasteiger partial charge in [0.05, 0.1) is 17.6 Å². The number of aromatic nitrogens is 4. The monoisotopic (exact) mass is 439 g/mol. The molecule has 3 aromatic heterocycles. The molecule has 164 valence electrons. The van der Waals surface area contributed by atoms with Gasteiger partial charge in [0.1, 0.15) is 22.8 Å². The number of rotatable bonds is 3. The van der Waals surface area contributed by atoms with Crippen LogP contribution in [-0.2, 0) is 19.4 Å². The summed E-state index contributed by atoms with van der Waals surface area (Å²) < 4.78 is 16.0. The number of nitrogen functional groups attached to an aromatic ring is 2. The minimum absolute atomic E-state index is 0.225. The lowest BCUT2D eigenvalue weighted by molar-refractivity contribution is 0.636. The Kier molecular flexibility index (Phi) is 4.39. The fourth-order valence-electron chi connectivity index (χ4n) is 4.69. The van der Waals surface area contributed by atoms with E-state index in [1.54, 1.807) is 16.7 Å². The highest BCUT2D eigenvalue weighted by Gasteiger charge is 2.21. The van der Waals surface area contributed by atoms with Gasteiger partial charge in [-0.2, -0.15) is 0 Å². The fraction of sp³-hybridized carbons (Fsp3) is 0.160. The number of nitrogens with zero attached hydrogens (tertiary/aromatic N) is 5. The minimum Gasteiger partial charge on any atom is -0.397 e. The number of hydrogen-bond acceptors (Lipinski definition) is 6. The molecule has 0 amide bonds. The van der Waals surface area contributed by atoms with E-state index >= 15 is 0 Å². The number of fused-ring (bicyclic) bond motifs is 4. The molecule has 2 aromatic carbocycles. The Morgan fingerprint density at radius 3 is 2.73 bits per heavy atom. The number of halogens is 1. The molecule has 1 aliphatic heterocycles. The van der Waals surface area contributed by atoms with E-state index in [1.807, 2.05) is 24.4 Å². The molecule has 1 aliphatic rings. The molecule has 7 nitrogen and oxygen atoms in total. The maximum atomic E-state index is 14.2. The quantitative estimate of drug-likeness (QED) is 0.444. The van der Waals surface area contributed by atoms with Gasteiger partial charge in [0, 0.05) is 31.1 Å². The number of nitrogens with two attached hydrogens (primary N) is 2. The van der Waals surface area contributed by atoms with Crippen LogP contribution in [0.1, 0.15) is 22.4 Å². The minimum atomic E-state index is -0.400. The summed E-state index contributed by atoms with van der Waals surface area (Å²) in [6, 6.07) is 15.1. The Morgan fingerprint density at radius 2 is 1.88 bits per heavy atom. The summed E-state index contributed by atoms with van der Waals surface area (Å²) in [6.45, 7) is 1.68. The third kappa shape index (κ3) is 3.31. The van der Waals surface area contributed by atoms with Crippen molar-refractivity contribution < 1.29 is 4.39 Å². The Bertz CT molecular complexity index is 1510. The normalized spacial score (nSPS) is 13.5. The van der Waals surface area contributed by atoms with Crippen molar-refractivity contribution in [2.75, 3.05) is 22.9 Å². The van der Waals surface area contributed by atoms with E-state index in [2.05, 4.69) is 33.1 Å². The largest absolute Gasteiger partial charge is 0.397 e. The van der Waals surface area contributed by atoms with Crippen LogP contribution in [0.25, 0.3) is 16.6 Å². The van der Waals surface area contributed by atoms with Crippen LogP contribution >= 0.6 is 0 Å².